The molecule has 0 aromatic rings. The van der Waals surface area contributed by atoms with Crippen LogP contribution in [0.5, 0.6) is 0 Å². The third-order valence-electron chi connectivity index (χ3n) is 3.36. The second kappa shape index (κ2) is 4.67. The van der Waals surface area contributed by atoms with E-state index in [0.717, 1.165) is 26.3 Å². The van der Waals surface area contributed by atoms with Crippen LogP contribution in [0, 0.1) is 5.92 Å². The largest absolute Gasteiger partial charge is 0.378 e. The Morgan fingerprint density at radius 3 is 2.82 bits per heavy atom. The number of dihydropyridines is 1. The van der Waals surface area contributed by atoms with Crippen molar-refractivity contribution in [3.8, 4) is 0 Å². The molecule has 0 radical (unpaired) electrons. The number of morpholine rings is 1. The number of hydrogen-bond acceptors (Lipinski definition) is 3. The number of allylic oxidation sites excluding steroid dienone is 3. The second-order valence-electron chi connectivity index (χ2n) is 4.41. The van der Waals surface area contributed by atoms with E-state index in [4.69, 9.17) is 16.3 Å². The standard InChI is InChI=1S/C13H15ClN2O/c14-13-9-12(16-5-7-17-8-6-16)10-3-1-2-4-11(10)15-13/h1-4,9-11H,5-8H2. The molecule has 0 spiro atoms. The lowest BCUT2D eigenvalue weighted by Gasteiger charge is -2.37. The van der Waals surface area contributed by atoms with E-state index in [-0.39, 0.29) is 6.04 Å². The SMILES string of the molecule is ClC1=NC2C=CC=CC2C(N2CCOCC2)=C1. The molecule has 0 saturated carbocycles. The highest BCUT2D eigenvalue weighted by Crippen LogP contribution is 2.31. The molecule has 1 fully saturated rings. The molecule has 0 amide bonds. The van der Waals surface area contributed by atoms with E-state index in [2.05, 4.69) is 28.1 Å². The first-order valence-corrected chi connectivity index (χ1v) is 6.35. The van der Waals surface area contributed by atoms with Gasteiger partial charge in [-0.3, -0.25) is 4.99 Å². The van der Waals surface area contributed by atoms with E-state index in [1.54, 1.807) is 0 Å². The minimum atomic E-state index is 0.162. The van der Waals surface area contributed by atoms with Crippen molar-refractivity contribution < 1.29 is 4.74 Å². The maximum Gasteiger partial charge on any atom is 0.126 e. The molecule has 0 N–H and O–H groups in total. The van der Waals surface area contributed by atoms with E-state index < -0.39 is 0 Å². The van der Waals surface area contributed by atoms with Crippen molar-refractivity contribution in [3.05, 3.63) is 36.1 Å². The molecule has 2 unspecified atom stereocenters. The fourth-order valence-corrected chi connectivity index (χ4v) is 2.74. The van der Waals surface area contributed by atoms with Gasteiger partial charge < -0.3 is 9.64 Å². The lowest BCUT2D eigenvalue weighted by molar-refractivity contribution is 0.0494. The van der Waals surface area contributed by atoms with Crippen molar-refractivity contribution in [1.82, 2.24) is 4.90 Å². The molecule has 1 saturated heterocycles. The molecule has 17 heavy (non-hydrogen) atoms. The molecule has 0 aromatic carbocycles. The van der Waals surface area contributed by atoms with Gasteiger partial charge in [-0.15, -0.1) is 0 Å². The molecule has 0 bridgehead atoms. The zero-order valence-corrected chi connectivity index (χ0v) is 10.3. The van der Waals surface area contributed by atoms with Crippen molar-refractivity contribution in [2.24, 2.45) is 10.9 Å². The molecule has 0 aromatic heterocycles. The number of hydrogen-bond donors (Lipinski definition) is 0. The summed E-state index contributed by atoms with van der Waals surface area (Å²) in [6, 6.07) is 0.162. The van der Waals surface area contributed by atoms with Gasteiger partial charge in [0.1, 0.15) is 5.17 Å². The van der Waals surface area contributed by atoms with Gasteiger partial charge in [0.05, 0.1) is 19.3 Å². The van der Waals surface area contributed by atoms with Gasteiger partial charge in [0.2, 0.25) is 0 Å². The minimum absolute atomic E-state index is 0.162. The van der Waals surface area contributed by atoms with Gasteiger partial charge >= 0.3 is 0 Å². The summed E-state index contributed by atoms with van der Waals surface area (Å²) in [6.45, 7) is 3.47. The molecule has 2 aliphatic heterocycles. The maximum absolute atomic E-state index is 6.11. The zero-order chi connectivity index (χ0) is 11.7. The predicted octanol–water partition coefficient (Wildman–Crippen LogP) is 1.96. The first kappa shape index (κ1) is 11.1. The monoisotopic (exact) mass is 250 g/mol. The highest BCUT2D eigenvalue weighted by Gasteiger charge is 2.29. The molecule has 3 aliphatic rings. The Morgan fingerprint density at radius 2 is 2.00 bits per heavy atom. The second-order valence-corrected chi connectivity index (χ2v) is 4.79. The third kappa shape index (κ3) is 2.17. The molecule has 2 atom stereocenters. The Bertz CT molecular complexity index is 419. The van der Waals surface area contributed by atoms with Crippen LogP contribution in [0.25, 0.3) is 0 Å². The van der Waals surface area contributed by atoms with Crippen LogP contribution in [0.15, 0.2) is 41.1 Å². The fourth-order valence-electron chi connectivity index (χ4n) is 2.51. The highest BCUT2D eigenvalue weighted by atomic mass is 35.5. The van der Waals surface area contributed by atoms with Gasteiger partial charge in [-0.05, 0) is 6.08 Å². The van der Waals surface area contributed by atoms with Crippen molar-refractivity contribution in [1.29, 1.82) is 0 Å². The first-order chi connectivity index (χ1) is 8.34. The summed E-state index contributed by atoms with van der Waals surface area (Å²) in [5.74, 6) is 0.334. The quantitative estimate of drug-likeness (QED) is 0.711. The van der Waals surface area contributed by atoms with Gasteiger partial charge in [0, 0.05) is 24.7 Å². The molecule has 90 valence electrons. The number of aliphatic imine (C=N–C) groups is 1. The topological polar surface area (TPSA) is 24.8 Å². The average molecular weight is 251 g/mol. The van der Waals surface area contributed by atoms with Gasteiger partial charge in [-0.2, -0.15) is 0 Å². The third-order valence-corrected chi connectivity index (χ3v) is 3.57. The van der Waals surface area contributed by atoms with Gasteiger partial charge in [-0.1, -0.05) is 35.9 Å². The summed E-state index contributed by atoms with van der Waals surface area (Å²) in [4.78, 5) is 6.82. The first-order valence-electron chi connectivity index (χ1n) is 5.97. The van der Waals surface area contributed by atoms with E-state index >= 15 is 0 Å². The number of fused-ring (bicyclic) bond motifs is 1. The molecule has 4 heteroatoms. The van der Waals surface area contributed by atoms with Gasteiger partial charge in [-0.25, -0.2) is 0 Å². The molecule has 3 nitrogen and oxygen atoms in total. The molecule has 1 aliphatic carbocycles. The van der Waals surface area contributed by atoms with Crippen LogP contribution >= 0.6 is 11.6 Å². The summed E-state index contributed by atoms with van der Waals surface area (Å²) in [6.07, 6.45) is 10.4. The van der Waals surface area contributed by atoms with Crippen LogP contribution < -0.4 is 0 Å². The molecule has 2 heterocycles. The molecular formula is C13H15ClN2O. The normalized spacial score (nSPS) is 31.9. The van der Waals surface area contributed by atoms with Crippen LogP contribution in [-0.4, -0.2) is 42.4 Å². The summed E-state index contributed by atoms with van der Waals surface area (Å²) < 4.78 is 5.39. The van der Waals surface area contributed by atoms with Crippen LogP contribution in [0.1, 0.15) is 0 Å². The summed E-state index contributed by atoms with van der Waals surface area (Å²) in [7, 11) is 0. The summed E-state index contributed by atoms with van der Waals surface area (Å²) in [5.41, 5.74) is 1.28. The van der Waals surface area contributed by atoms with E-state index in [1.165, 1.54) is 5.70 Å². The van der Waals surface area contributed by atoms with E-state index in [0.29, 0.717) is 11.1 Å². The lowest BCUT2D eigenvalue weighted by Crippen LogP contribution is -2.41. The minimum Gasteiger partial charge on any atom is -0.378 e. The molecule has 3 rings (SSSR count). The summed E-state index contributed by atoms with van der Waals surface area (Å²) >= 11 is 6.11. The lowest BCUT2D eigenvalue weighted by atomic mass is 9.89. The zero-order valence-electron chi connectivity index (χ0n) is 9.55. The van der Waals surface area contributed by atoms with E-state index in [9.17, 15) is 0 Å². The Labute approximate surface area is 106 Å². The van der Waals surface area contributed by atoms with Crippen molar-refractivity contribution >= 4 is 16.8 Å². The van der Waals surface area contributed by atoms with Crippen LogP contribution in [-0.2, 0) is 4.74 Å². The average Bonchev–Trinajstić information content (AvgIpc) is 2.39. The Kier molecular flexibility index (Phi) is 3.04. The number of nitrogens with zero attached hydrogens (tertiary/aromatic N) is 2. The predicted molar refractivity (Wildman–Crippen MR) is 69.3 cm³/mol. The van der Waals surface area contributed by atoms with Crippen molar-refractivity contribution in [2.45, 2.75) is 6.04 Å². The van der Waals surface area contributed by atoms with Crippen molar-refractivity contribution in [3.63, 3.8) is 0 Å². The molecular weight excluding hydrogens is 236 g/mol. The Hall–Kier alpha value is -1.06. The Morgan fingerprint density at radius 1 is 1.24 bits per heavy atom. The Balaban J connectivity index is 1.88. The van der Waals surface area contributed by atoms with Crippen LogP contribution in [0.2, 0.25) is 0 Å². The number of rotatable bonds is 1. The van der Waals surface area contributed by atoms with E-state index in [1.807, 2.05) is 12.2 Å². The smallest absolute Gasteiger partial charge is 0.126 e. The fraction of sp³-hybridized carbons (Fsp3) is 0.462. The van der Waals surface area contributed by atoms with Gasteiger partial charge in [0.15, 0.2) is 0 Å². The number of ether oxygens (including phenoxy) is 1. The maximum atomic E-state index is 6.11. The highest BCUT2D eigenvalue weighted by molar-refractivity contribution is 6.68. The van der Waals surface area contributed by atoms with Crippen molar-refractivity contribution in [2.75, 3.05) is 26.3 Å². The summed E-state index contributed by atoms with van der Waals surface area (Å²) in [5, 5.41) is 0.604. The number of halogens is 1. The van der Waals surface area contributed by atoms with Crippen LogP contribution in [0.4, 0.5) is 0 Å². The van der Waals surface area contributed by atoms with Gasteiger partial charge in [0.25, 0.3) is 0 Å². The van der Waals surface area contributed by atoms with Crippen LogP contribution in [0.3, 0.4) is 0 Å².